The average Bonchev–Trinajstić information content (AvgIpc) is 2.93. The Morgan fingerprint density at radius 2 is 1.86 bits per heavy atom. The lowest BCUT2D eigenvalue weighted by Crippen LogP contribution is -2.41. The number of nitrogens with zero attached hydrogens (tertiary/aromatic N) is 2. The van der Waals surface area contributed by atoms with Crippen molar-refractivity contribution in [1.82, 2.24) is 9.78 Å². The molecule has 8 heteroatoms. The van der Waals surface area contributed by atoms with E-state index in [1.165, 1.54) is 5.41 Å². The Kier molecular flexibility index (Phi) is 3.39. The maximum absolute atomic E-state index is 11.4. The molecular formula is C14H19BN2O4S. The Bertz CT molecular complexity index is 746. The minimum absolute atomic E-state index is 0.00941. The third-order valence-corrected chi connectivity index (χ3v) is 5.55. The lowest BCUT2D eigenvalue weighted by molar-refractivity contribution is 0.00578. The molecule has 1 aromatic rings. The Morgan fingerprint density at radius 1 is 1.23 bits per heavy atom. The molecule has 3 heterocycles. The predicted molar refractivity (Wildman–Crippen MR) is 85.1 cm³/mol. The van der Waals surface area contributed by atoms with Crippen molar-refractivity contribution in [3.05, 3.63) is 30.0 Å². The largest absolute Gasteiger partial charge is 0.498 e. The highest BCUT2D eigenvalue weighted by atomic mass is 32.2. The lowest BCUT2D eigenvalue weighted by atomic mass is 9.82. The molecule has 1 aromatic heterocycles. The standard InChI is InChI=1S/C14H19BN2O4S/c1-13(2)14(3,4)21-15(20-13)11-9-16-17(10-11)12-5-7-22(18,19)8-6-12/h5-7,9-10H,8H2,1-4H3. The molecule has 0 radical (unpaired) electrons. The van der Waals surface area contributed by atoms with Gasteiger partial charge in [0.05, 0.1) is 22.7 Å². The van der Waals surface area contributed by atoms with Gasteiger partial charge in [0.2, 0.25) is 0 Å². The second kappa shape index (κ2) is 4.81. The number of allylic oxidation sites excluding steroid dienone is 2. The van der Waals surface area contributed by atoms with Gasteiger partial charge in [0.25, 0.3) is 0 Å². The van der Waals surface area contributed by atoms with E-state index in [1.807, 2.05) is 27.7 Å². The fraction of sp³-hybridized carbons (Fsp3) is 0.500. The van der Waals surface area contributed by atoms with Crippen molar-refractivity contribution >= 4 is 28.1 Å². The molecule has 2 aliphatic rings. The number of aromatic nitrogens is 2. The summed E-state index contributed by atoms with van der Waals surface area (Å²) in [5, 5.41) is 5.48. The van der Waals surface area contributed by atoms with Crippen molar-refractivity contribution in [2.75, 3.05) is 5.75 Å². The molecule has 1 fully saturated rings. The molecule has 6 nitrogen and oxygen atoms in total. The maximum atomic E-state index is 11.4. The van der Waals surface area contributed by atoms with E-state index in [1.54, 1.807) is 29.2 Å². The van der Waals surface area contributed by atoms with E-state index in [0.29, 0.717) is 0 Å². The molecule has 22 heavy (non-hydrogen) atoms. The lowest BCUT2D eigenvalue weighted by Gasteiger charge is -2.32. The third-order valence-electron chi connectivity index (χ3n) is 4.36. The highest BCUT2D eigenvalue weighted by Crippen LogP contribution is 2.36. The van der Waals surface area contributed by atoms with Gasteiger partial charge in [-0.3, -0.25) is 0 Å². The maximum Gasteiger partial charge on any atom is 0.498 e. The summed E-state index contributed by atoms with van der Waals surface area (Å²) in [6.45, 7) is 7.98. The van der Waals surface area contributed by atoms with Crippen LogP contribution in [0.4, 0.5) is 0 Å². The Balaban J connectivity index is 1.82. The van der Waals surface area contributed by atoms with Gasteiger partial charge in [-0.25, -0.2) is 13.1 Å². The van der Waals surface area contributed by atoms with E-state index in [4.69, 9.17) is 9.31 Å². The van der Waals surface area contributed by atoms with Gasteiger partial charge in [0.1, 0.15) is 0 Å². The first kappa shape index (κ1) is 15.5. The minimum atomic E-state index is -3.11. The van der Waals surface area contributed by atoms with E-state index in [9.17, 15) is 8.42 Å². The van der Waals surface area contributed by atoms with Crippen LogP contribution in [0.15, 0.2) is 30.0 Å². The van der Waals surface area contributed by atoms with E-state index in [-0.39, 0.29) is 5.75 Å². The quantitative estimate of drug-likeness (QED) is 0.759. The highest BCUT2D eigenvalue weighted by molar-refractivity contribution is 7.94. The molecule has 0 N–H and O–H groups in total. The summed E-state index contributed by atoms with van der Waals surface area (Å²) in [5.41, 5.74) is 0.717. The van der Waals surface area contributed by atoms with Crippen molar-refractivity contribution in [3.8, 4) is 0 Å². The number of hydrogen-bond acceptors (Lipinski definition) is 5. The third kappa shape index (κ3) is 2.66. The first-order chi connectivity index (χ1) is 10.1. The van der Waals surface area contributed by atoms with Crippen molar-refractivity contribution in [2.45, 2.75) is 38.9 Å². The van der Waals surface area contributed by atoms with Crippen LogP contribution in [-0.2, 0) is 19.1 Å². The van der Waals surface area contributed by atoms with Crippen molar-refractivity contribution in [1.29, 1.82) is 0 Å². The van der Waals surface area contributed by atoms with Crippen LogP contribution >= 0.6 is 0 Å². The van der Waals surface area contributed by atoms with Gasteiger partial charge in [0.15, 0.2) is 9.84 Å². The molecular weight excluding hydrogens is 303 g/mol. The number of hydrogen-bond donors (Lipinski definition) is 0. The molecule has 0 amide bonds. The minimum Gasteiger partial charge on any atom is -0.399 e. The van der Waals surface area contributed by atoms with Crippen LogP contribution in [0.3, 0.4) is 0 Å². The molecule has 0 aliphatic carbocycles. The average molecular weight is 322 g/mol. The van der Waals surface area contributed by atoms with E-state index in [2.05, 4.69) is 5.10 Å². The Labute approximate surface area is 130 Å². The van der Waals surface area contributed by atoms with Crippen LogP contribution in [0.1, 0.15) is 27.7 Å². The summed E-state index contributed by atoms with van der Waals surface area (Å²) in [7, 11) is -3.59. The van der Waals surface area contributed by atoms with E-state index >= 15 is 0 Å². The van der Waals surface area contributed by atoms with Crippen LogP contribution < -0.4 is 5.46 Å². The molecule has 0 atom stereocenters. The zero-order valence-electron chi connectivity index (χ0n) is 13.1. The number of sulfone groups is 1. The van der Waals surface area contributed by atoms with E-state index < -0.39 is 28.2 Å². The second-order valence-electron chi connectivity index (χ2n) is 6.57. The van der Waals surface area contributed by atoms with Crippen LogP contribution in [-0.4, -0.2) is 42.3 Å². The summed E-state index contributed by atoms with van der Waals surface area (Å²) in [5.74, 6) is -0.00941. The molecule has 3 rings (SSSR count). The summed E-state index contributed by atoms with van der Waals surface area (Å²) < 4.78 is 36.3. The summed E-state index contributed by atoms with van der Waals surface area (Å²) >= 11 is 0. The molecule has 2 aliphatic heterocycles. The van der Waals surface area contributed by atoms with Crippen LogP contribution in [0.2, 0.25) is 0 Å². The molecule has 0 unspecified atom stereocenters. The van der Waals surface area contributed by atoms with E-state index in [0.717, 1.165) is 11.2 Å². The van der Waals surface area contributed by atoms with Crippen LogP contribution in [0, 0.1) is 0 Å². The summed E-state index contributed by atoms with van der Waals surface area (Å²) in [4.78, 5) is 0. The Hall–Kier alpha value is -1.38. The SMILES string of the molecule is CC1(C)OB(c2cnn(C3=CCS(=O)(=O)C=C3)c2)OC1(C)C. The van der Waals surface area contributed by atoms with Gasteiger partial charge in [-0.1, -0.05) is 0 Å². The van der Waals surface area contributed by atoms with Gasteiger partial charge in [-0.2, -0.15) is 5.10 Å². The fourth-order valence-corrected chi connectivity index (χ4v) is 3.11. The fourth-order valence-electron chi connectivity index (χ4n) is 2.25. The van der Waals surface area contributed by atoms with Crippen molar-refractivity contribution in [3.63, 3.8) is 0 Å². The van der Waals surface area contributed by atoms with Crippen molar-refractivity contribution in [2.24, 2.45) is 0 Å². The topological polar surface area (TPSA) is 70.4 Å². The van der Waals surface area contributed by atoms with Crippen LogP contribution in [0.25, 0.3) is 5.70 Å². The second-order valence-corrected chi connectivity index (χ2v) is 8.50. The molecule has 118 valence electrons. The molecule has 0 aromatic carbocycles. The first-order valence-electron chi connectivity index (χ1n) is 7.11. The number of rotatable bonds is 2. The van der Waals surface area contributed by atoms with Gasteiger partial charge in [0, 0.05) is 23.3 Å². The van der Waals surface area contributed by atoms with Gasteiger partial charge in [-0.05, 0) is 39.8 Å². The molecule has 1 saturated heterocycles. The monoisotopic (exact) mass is 322 g/mol. The van der Waals surface area contributed by atoms with Crippen molar-refractivity contribution < 1.29 is 17.7 Å². The zero-order chi connectivity index (χ0) is 16.2. The van der Waals surface area contributed by atoms with Crippen LogP contribution in [0.5, 0.6) is 0 Å². The Morgan fingerprint density at radius 3 is 2.41 bits per heavy atom. The summed E-state index contributed by atoms with van der Waals surface area (Å²) in [6, 6.07) is 0. The smallest absolute Gasteiger partial charge is 0.399 e. The first-order valence-corrected chi connectivity index (χ1v) is 8.83. The van der Waals surface area contributed by atoms with Gasteiger partial charge >= 0.3 is 7.12 Å². The predicted octanol–water partition coefficient (Wildman–Crippen LogP) is 0.965. The molecule has 0 bridgehead atoms. The zero-order valence-corrected chi connectivity index (χ0v) is 13.9. The normalized spacial score (nSPS) is 25.3. The molecule has 0 saturated carbocycles. The molecule has 0 spiro atoms. The van der Waals surface area contributed by atoms with Gasteiger partial charge in [-0.15, -0.1) is 0 Å². The highest BCUT2D eigenvalue weighted by Gasteiger charge is 2.52. The van der Waals surface area contributed by atoms with Gasteiger partial charge < -0.3 is 9.31 Å². The summed E-state index contributed by atoms with van der Waals surface area (Å²) in [6.07, 6.45) is 6.66.